The van der Waals surface area contributed by atoms with Crippen molar-refractivity contribution in [1.29, 1.82) is 0 Å². The molecule has 7 heteroatoms. The number of hydrogen-bond donors (Lipinski definition) is 0. The molecule has 2 heterocycles. The predicted octanol–water partition coefficient (Wildman–Crippen LogP) is 3.97. The van der Waals surface area contributed by atoms with Crippen LogP contribution in [0.15, 0.2) is 29.6 Å². The van der Waals surface area contributed by atoms with Crippen LogP contribution in [0.2, 0.25) is 0 Å². The van der Waals surface area contributed by atoms with Crippen molar-refractivity contribution in [2.24, 2.45) is 0 Å². The van der Waals surface area contributed by atoms with Gasteiger partial charge in [-0.05, 0) is 12.1 Å². The third-order valence-electron chi connectivity index (χ3n) is 4.65. The third-order valence-corrected chi connectivity index (χ3v) is 5.97. The average molecular weight is 405 g/mol. The second-order valence-electron chi connectivity index (χ2n) is 8.03. The molecular formula is C21H25FN2O3S. The SMILES string of the molecule is CC(C)(C)c1nc(CC(=O)OC2CCN(C(=O)c3ccccc3F)CC2)cs1. The lowest BCUT2D eigenvalue weighted by Gasteiger charge is -2.31. The van der Waals surface area contributed by atoms with Crippen LogP contribution in [-0.2, 0) is 21.4 Å². The molecule has 2 aromatic rings. The van der Waals surface area contributed by atoms with Crippen molar-refractivity contribution in [3.63, 3.8) is 0 Å². The van der Waals surface area contributed by atoms with E-state index in [4.69, 9.17) is 4.74 Å². The Morgan fingerprint density at radius 2 is 1.93 bits per heavy atom. The average Bonchev–Trinajstić information content (AvgIpc) is 3.11. The van der Waals surface area contributed by atoms with E-state index in [9.17, 15) is 14.0 Å². The number of ether oxygens (including phenoxy) is 1. The van der Waals surface area contributed by atoms with E-state index in [0.717, 1.165) is 10.7 Å². The number of carbonyl (C=O) groups excluding carboxylic acids is 2. The van der Waals surface area contributed by atoms with Crippen LogP contribution >= 0.6 is 11.3 Å². The topological polar surface area (TPSA) is 59.5 Å². The van der Waals surface area contributed by atoms with Gasteiger partial charge in [-0.1, -0.05) is 32.9 Å². The second-order valence-corrected chi connectivity index (χ2v) is 8.89. The first-order valence-electron chi connectivity index (χ1n) is 9.42. The van der Waals surface area contributed by atoms with Gasteiger partial charge in [0.2, 0.25) is 0 Å². The Bertz CT molecular complexity index is 851. The summed E-state index contributed by atoms with van der Waals surface area (Å²) >= 11 is 1.55. The molecule has 0 spiro atoms. The van der Waals surface area contributed by atoms with Gasteiger partial charge in [-0.15, -0.1) is 11.3 Å². The summed E-state index contributed by atoms with van der Waals surface area (Å²) in [6.45, 7) is 7.14. The van der Waals surface area contributed by atoms with Crippen molar-refractivity contribution < 1.29 is 18.7 Å². The molecule has 1 aromatic carbocycles. The Morgan fingerprint density at radius 3 is 2.54 bits per heavy atom. The van der Waals surface area contributed by atoms with E-state index in [1.165, 1.54) is 12.1 Å². The van der Waals surface area contributed by atoms with Crippen LogP contribution in [0.5, 0.6) is 0 Å². The van der Waals surface area contributed by atoms with Crippen LogP contribution in [0.1, 0.15) is 54.7 Å². The van der Waals surface area contributed by atoms with Gasteiger partial charge in [-0.25, -0.2) is 9.37 Å². The van der Waals surface area contributed by atoms with Gasteiger partial charge in [0.25, 0.3) is 5.91 Å². The highest BCUT2D eigenvalue weighted by molar-refractivity contribution is 7.09. The molecule has 1 saturated heterocycles. The molecular weight excluding hydrogens is 379 g/mol. The van der Waals surface area contributed by atoms with Crippen LogP contribution < -0.4 is 0 Å². The van der Waals surface area contributed by atoms with Gasteiger partial charge in [0, 0.05) is 36.7 Å². The number of benzene rings is 1. The summed E-state index contributed by atoms with van der Waals surface area (Å²) in [5.41, 5.74) is 0.771. The lowest BCUT2D eigenvalue weighted by molar-refractivity contribution is -0.150. The van der Waals surface area contributed by atoms with Crippen LogP contribution in [0.3, 0.4) is 0 Å². The Hall–Kier alpha value is -2.28. The van der Waals surface area contributed by atoms with Crippen molar-refractivity contribution in [3.05, 3.63) is 51.7 Å². The lowest BCUT2D eigenvalue weighted by atomic mass is 9.98. The highest BCUT2D eigenvalue weighted by Gasteiger charge is 2.27. The van der Waals surface area contributed by atoms with E-state index in [1.807, 2.05) is 5.38 Å². The molecule has 0 radical (unpaired) electrons. The maximum absolute atomic E-state index is 13.8. The maximum Gasteiger partial charge on any atom is 0.312 e. The molecule has 1 aliphatic heterocycles. The molecule has 1 aliphatic rings. The first-order valence-corrected chi connectivity index (χ1v) is 10.3. The Labute approximate surface area is 168 Å². The largest absolute Gasteiger partial charge is 0.462 e. The number of likely N-dealkylation sites (tertiary alicyclic amines) is 1. The van der Waals surface area contributed by atoms with E-state index in [0.29, 0.717) is 25.9 Å². The molecule has 1 fully saturated rings. The van der Waals surface area contributed by atoms with Crippen molar-refractivity contribution in [2.45, 2.75) is 51.6 Å². The van der Waals surface area contributed by atoms with Crippen LogP contribution in [0.4, 0.5) is 4.39 Å². The molecule has 0 atom stereocenters. The Balaban J connectivity index is 1.49. The molecule has 1 aromatic heterocycles. The summed E-state index contributed by atoms with van der Waals surface area (Å²) in [4.78, 5) is 30.8. The second kappa shape index (κ2) is 8.39. The number of amides is 1. The molecule has 28 heavy (non-hydrogen) atoms. The number of halogens is 1. The summed E-state index contributed by atoms with van der Waals surface area (Å²) in [7, 11) is 0. The van der Waals surface area contributed by atoms with Gasteiger partial charge in [0.15, 0.2) is 0 Å². The number of rotatable bonds is 4. The fourth-order valence-corrected chi connectivity index (χ4v) is 4.00. The maximum atomic E-state index is 13.8. The van der Waals surface area contributed by atoms with Crippen molar-refractivity contribution in [1.82, 2.24) is 9.88 Å². The van der Waals surface area contributed by atoms with E-state index in [2.05, 4.69) is 25.8 Å². The fraction of sp³-hybridized carbons (Fsp3) is 0.476. The van der Waals surface area contributed by atoms with E-state index in [-0.39, 0.29) is 35.4 Å². The predicted molar refractivity (Wildman–Crippen MR) is 106 cm³/mol. The Morgan fingerprint density at radius 1 is 1.25 bits per heavy atom. The van der Waals surface area contributed by atoms with Gasteiger partial charge in [-0.2, -0.15) is 0 Å². The molecule has 5 nitrogen and oxygen atoms in total. The third kappa shape index (κ3) is 4.95. The molecule has 0 N–H and O–H groups in total. The lowest BCUT2D eigenvalue weighted by Crippen LogP contribution is -2.41. The summed E-state index contributed by atoms with van der Waals surface area (Å²) < 4.78 is 19.4. The molecule has 150 valence electrons. The molecule has 0 saturated carbocycles. The van der Waals surface area contributed by atoms with Crippen molar-refractivity contribution in [3.8, 4) is 0 Å². The van der Waals surface area contributed by atoms with Gasteiger partial charge < -0.3 is 9.64 Å². The number of aromatic nitrogens is 1. The first kappa shape index (κ1) is 20.5. The molecule has 0 aliphatic carbocycles. The zero-order valence-electron chi connectivity index (χ0n) is 16.4. The van der Waals surface area contributed by atoms with Gasteiger partial charge in [-0.3, -0.25) is 9.59 Å². The molecule has 0 unspecified atom stereocenters. The molecule has 3 rings (SSSR count). The summed E-state index contributed by atoms with van der Waals surface area (Å²) in [6.07, 6.45) is 1.03. The number of piperidine rings is 1. The van der Waals surface area contributed by atoms with Crippen molar-refractivity contribution >= 4 is 23.2 Å². The number of esters is 1. The summed E-state index contributed by atoms with van der Waals surface area (Å²) in [5, 5.41) is 2.90. The zero-order valence-corrected chi connectivity index (χ0v) is 17.2. The minimum atomic E-state index is -0.515. The number of carbonyl (C=O) groups is 2. The van der Waals surface area contributed by atoms with E-state index in [1.54, 1.807) is 28.4 Å². The zero-order chi connectivity index (χ0) is 20.3. The summed E-state index contributed by atoms with van der Waals surface area (Å²) in [6, 6.07) is 5.98. The van der Waals surface area contributed by atoms with Gasteiger partial charge >= 0.3 is 5.97 Å². The highest BCUT2D eigenvalue weighted by atomic mass is 32.1. The van der Waals surface area contributed by atoms with Crippen LogP contribution in [0, 0.1) is 5.82 Å². The van der Waals surface area contributed by atoms with Gasteiger partial charge in [0.05, 0.1) is 22.7 Å². The minimum Gasteiger partial charge on any atom is -0.462 e. The monoisotopic (exact) mass is 404 g/mol. The van der Waals surface area contributed by atoms with Crippen LogP contribution in [-0.4, -0.2) is 41.0 Å². The molecule has 0 bridgehead atoms. The highest BCUT2D eigenvalue weighted by Crippen LogP contribution is 2.26. The van der Waals surface area contributed by atoms with E-state index >= 15 is 0 Å². The first-order chi connectivity index (χ1) is 13.2. The quantitative estimate of drug-likeness (QED) is 0.724. The number of nitrogens with zero attached hydrogens (tertiary/aromatic N) is 2. The normalized spacial score (nSPS) is 15.5. The van der Waals surface area contributed by atoms with E-state index < -0.39 is 5.82 Å². The van der Waals surface area contributed by atoms with Gasteiger partial charge in [0.1, 0.15) is 11.9 Å². The summed E-state index contributed by atoms with van der Waals surface area (Å²) in [5.74, 6) is -1.14. The Kier molecular flexibility index (Phi) is 6.13. The smallest absolute Gasteiger partial charge is 0.312 e. The number of thiazole rings is 1. The molecule has 1 amide bonds. The standard InChI is InChI=1S/C21H25FN2O3S/c1-21(2,3)20-23-14(13-28-20)12-18(25)27-15-8-10-24(11-9-15)19(26)16-6-4-5-7-17(16)22/h4-7,13,15H,8-12H2,1-3H3. The number of hydrogen-bond acceptors (Lipinski definition) is 5. The minimum absolute atomic E-state index is 0.0373. The fourth-order valence-electron chi connectivity index (χ4n) is 3.09. The van der Waals surface area contributed by atoms with Crippen LogP contribution in [0.25, 0.3) is 0 Å². The van der Waals surface area contributed by atoms with Crippen molar-refractivity contribution in [2.75, 3.05) is 13.1 Å².